The maximum Gasteiger partial charge on any atom is 0.416 e. The Kier molecular flexibility index (Phi) is 3.89. The molecule has 0 spiro atoms. The van der Waals surface area contributed by atoms with Crippen molar-refractivity contribution in [3.63, 3.8) is 0 Å². The van der Waals surface area contributed by atoms with Gasteiger partial charge in [0.25, 0.3) is 0 Å². The molecule has 0 unspecified atom stereocenters. The Hall–Kier alpha value is -1.43. The molecular formula is C13H11BrF3NO. The quantitative estimate of drug-likeness (QED) is 0.856. The standard InChI is InChI=1S/C13H11BrF3NO/c1-8-4-5-19-12(8)7-18-11-6-9(13(15,16)17)2-3-10(11)14/h2-6,18H,7H2,1H3. The summed E-state index contributed by atoms with van der Waals surface area (Å²) in [4.78, 5) is 0. The molecule has 102 valence electrons. The normalized spacial score (nSPS) is 11.6. The Bertz CT molecular complexity index is 578. The van der Waals surface area contributed by atoms with Crippen LogP contribution in [0.2, 0.25) is 0 Å². The fourth-order valence-electron chi connectivity index (χ4n) is 1.60. The van der Waals surface area contributed by atoms with Gasteiger partial charge < -0.3 is 9.73 Å². The third kappa shape index (κ3) is 3.32. The molecular weight excluding hydrogens is 323 g/mol. The van der Waals surface area contributed by atoms with Crippen molar-refractivity contribution in [2.45, 2.75) is 19.6 Å². The van der Waals surface area contributed by atoms with Crippen molar-refractivity contribution in [2.75, 3.05) is 5.32 Å². The summed E-state index contributed by atoms with van der Waals surface area (Å²) in [6.45, 7) is 2.21. The molecule has 1 aromatic carbocycles. The Morgan fingerprint density at radius 1 is 1.26 bits per heavy atom. The number of anilines is 1. The zero-order chi connectivity index (χ0) is 14.0. The van der Waals surface area contributed by atoms with Gasteiger partial charge in [-0.15, -0.1) is 0 Å². The molecule has 0 saturated heterocycles. The Labute approximate surface area is 116 Å². The molecule has 1 N–H and O–H groups in total. The topological polar surface area (TPSA) is 25.2 Å². The first kappa shape index (κ1) is 14.0. The molecule has 19 heavy (non-hydrogen) atoms. The van der Waals surface area contributed by atoms with Gasteiger partial charge >= 0.3 is 6.18 Å². The molecule has 0 radical (unpaired) electrons. The van der Waals surface area contributed by atoms with E-state index in [1.165, 1.54) is 6.07 Å². The summed E-state index contributed by atoms with van der Waals surface area (Å²) in [6, 6.07) is 5.29. The number of hydrogen-bond donors (Lipinski definition) is 1. The molecule has 0 saturated carbocycles. The van der Waals surface area contributed by atoms with Gasteiger partial charge in [0.05, 0.1) is 18.4 Å². The van der Waals surface area contributed by atoms with Gasteiger partial charge in [0.2, 0.25) is 0 Å². The summed E-state index contributed by atoms with van der Waals surface area (Å²) in [5.41, 5.74) is 0.649. The van der Waals surface area contributed by atoms with Crippen molar-refractivity contribution in [3.05, 3.63) is 51.9 Å². The third-order valence-electron chi connectivity index (χ3n) is 2.70. The van der Waals surface area contributed by atoms with Crippen LogP contribution in [0.25, 0.3) is 0 Å². The minimum Gasteiger partial charge on any atom is -0.467 e. The summed E-state index contributed by atoms with van der Waals surface area (Å²) < 4.78 is 43.6. The second kappa shape index (κ2) is 5.28. The smallest absolute Gasteiger partial charge is 0.416 e. The van der Waals surface area contributed by atoms with Crippen LogP contribution in [0.4, 0.5) is 18.9 Å². The average Bonchev–Trinajstić information content (AvgIpc) is 2.72. The van der Waals surface area contributed by atoms with Gasteiger partial charge in [-0.1, -0.05) is 0 Å². The first-order valence-corrected chi connectivity index (χ1v) is 6.31. The zero-order valence-corrected chi connectivity index (χ0v) is 11.6. The molecule has 1 heterocycles. The second-order valence-corrected chi connectivity index (χ2v) is 4.93. The molecule has 0 fully saturated rings. The maximum absolute atomic E-state index is 12.6. The van der Waals surface area contributed by atoms with Gasteiger partial charge in [-0.25, -0.2) is 0 Å². The van der Waals surface area contributed by atoms with E-state index in [-0.39, 0.29) is 0 Å². The zero-order valence-electron chi connectivity index (χ0n) is 10.0. The first-order chi connectivity index (χ1) is 8.88. The second-order valence-electron chi connectivity index (χ2n) is 4.07. The van der Waals surface area contributed by atoms with Crippen LogP contribution < -0.4 is 5.32 Å². The fourth-order valence-corrected chi connectivity index (χ4v) is 1.98. The van der Waals surface area contributed by atoms with Gasteiger partial charge in [-0.05, 0) is 52.7 Å². The Morgan fingerprint density at radius 3 is 2.58 bits per heavy atom. The van der Waals surface area contributed by atoms with Crippen molar-refractivity contribution >= 4 is 21.6 Å². The molecule has 0 aliphatic heterocycles. The molecule has 0 amide bonds. The van der Waals surface area contributed by atoms with E-state index in [4.69, 9.17) is 4.42 Å². The molecule has 0 aliphatic carbocycles. The molecule has 6 heteroatoms. The average molecular weight is 334 g/mol. The largest absolute Gasteiger partial charge is 0.467 e. The molecule has 2 nitrogen and oxygen atoms in total. The van der Waals surface area contributed by atoms with E-state index in [0.717, 1.165) is 17.7 Å². The van der Waals surface area contributed by atoms with Gasteiger partial charge in [0.1, 0.15) is 5.76 Å². The van der Waals surface area contributed by atoms with E-state index in [9.17, 15) is 13.2 Å². The minimum absolute atomic E-state index is 0.332. The van der Waals surface area contributed by atoms with Crippen molar-refractivity contribution in [2.24, 2.45) is 0 Å². The van der Waals surface area contributed by atoms with Gasteiger partial charge in [-0.3, -0.25) is 0 Å². The van der Waals surface area contributed by atoms with Gasteiger partial charge in [0.15, 0.2) is 0 Å². The SMILES string of the molecule is Cc1ccoc1CNc1cc(C(F)(F)F)ccc1Br. The van der Waals surface area contributed by atoms with Crippen LogP contribution in [0.5, 0.6) is 0 Å². The molecule has 0 aliphatic rings. The molecule has 2 rings (SSSR count). The number of furan rings is 1. The van der Waals surface area contributed by atoms with Gasteiger partial charge in [0, 0.05) is 10.2 Å². The monoisotopic (exact) mass is 333 g/mol. The summed E-state index contributed by atoms with van der Waals surface area (Å²) in [5.74, 6) is 0.698. The number of alkyl halides is 3. The van der Waals surface area contributed by atoms with Crippen LogP contribution in [-0.2, 0) is 12.7 Å². The summed E-state index contributed by atoms with van der Waals surface area (Å²) in [7, 11) is 0. The van der Waals surface area contributed by atoms with Crippen molar-refractivity contribution < 1.29 is 17.6 Å². The van der Waals surface area contributed by atoms with Crippen LogP contribution >= 0.6 is 15.9 Å². The van der Waals surface area contributed by atoms with Gasteiger partial charge in [-0.2, -0.15) is 13.2 Å². The lowest BCUT2D eigenvalue weighted by molar-refractivity contribution is -0.137. The number of hydrogen-bond acceptors (Lipinski definition) is 2. The summed E-state index contributed by atoms with van der Waals surface area (Å²) in [6.07, 6.45) is -2.80. The molecule has 0 atom stereocenters. The number of benzene rings is 1. The van der Waals surface area contributed by atoms with Crippen molar-refractivity contribution in [1.29, 1.82) is 0 Å². The van der Waals surface area contributed by atoms with E-state index in [1.807, 2.05) is 6.92 Å². The summed E-state index contributed by atoms with van der Waals surface area (Å²) >= 11 is 3.22. The predicted octanol–water partition coefficient (Wildman–Crippen LogP) is 4.98. The van der Waals surface area contributed by atoms with E-state index in [2.05, 4.69) is 21.2 Å². The highest BCUT2D eigenvalue weighted by Crippen LogP contribution is 2.34. The van der Waals surface area contributed by atoms with E-state index in [1.54, 1.807) is 12.3 Å². The predicted molar refractivity (Wildman–Crippen MR) is 69.9 cm³/mol. The third-order valence-corrected chi connectivity index (χ3v) is 3.39. The highest BCUT2D eigenvalue weighted by molar-refractivity contribution is 9.10. The minimum atomic E-state index is -4.35. The van der Waals surface area contributed by atoms with Crippen molar-refractivity contribution in [1.82, 2.24) is 0 Å². The molecule has 1 aromatic heterocycles. The van der Waals surface area contributed by atoms with Crippen LogP contribution in [0.15, 0.2) is 39.4 Å². The van der Waals surface area contributed by atoms with Crippen LogP contribution in [0.1, 0.15) is 16.9 Å². The van der Waals surface area contributed by atoms with E-state index >= 15 is 0 Å². The fraction of sp³-hybridized carbons (Fsp3) is 0.231. The molecule has 0 bridgehead atoms. The van der Waals surface area contributed by atoms with E-state index < -0.39 is 11.7 Å². The first-order valence-electron chi connectivity index (χ1n) is 5.51. The lowest BCUT2D eigenvalue weighted by Crippen LogP contribution is -2.07. The lowest BCUT2D eigenvalue weighted by Gasteiger charge is -2.12. The Morgan fingerprint density at radius 2 is 2.00 bits per heavy atom. The highest BCUT2D eigenvalue weighted by atomic mass is 79.9. The highest BCUT2D eigenvalue weighted by Gasteiger charge is 2.30. The maximum atomic E-state index is 12.6. The lowest BCUT2D eigenvalue weighted by atomic mass is 10.2. The summed E-state index contributed by atoms with van der Waals surface area (Å²) in [5, 5.41) is 2.93. The number of aryl methyl sites for hydroxylation is 1. The van der Waals surface area contributed by atoms with Crippen LogP contribution in [0, 0.1) is 6.92 Å². The van der Waals surface area contributed by atoms with Crippen LogP contribution in [0.3, 0.4) is 0 Å². The van der Waals surface area contributed by atoms with Crippen molar-refractivity contribution in [3.8, 4) is 0 Å². The number of nitrogens with one attached hydrogen (secondary N) is 1. The number of halogens is 4. The Balaban J connectivity index is 2.18. The molecule has 2 aromatic rings. The number of rotatable bonds is 3. The van der Waals surface area contributed by atoms with E-state index in [0.29, 0.717) is 22.5 Å². The van der Waals surface area contributed by atoms with Crippen LogP contribution in [-0.4, -0.2) is 0 Å².